The molecule has 0 saturated heterocycles. The Morgan fingerprint density at radius 1 is 1.11 bits per heavy atom. The lowest BCUT2D eigenvalue weighted by atomic mass is 10.2. The van der Waals surface area contributed by atoms with Gasteiger partial charge < -0.3 is 25.7 Å². The highest BCUT2D eigenvalue weighted by atomic mass is 16.3. The first-order chi connectivity index (χ1) is 8.91. The van der Waals surface area contributed by atoms with Gasteiger partial charge in [0, 0.05) is 32.7 Å². The van der Waals surface area contributed by atoms with Crippen molar-refractivity contribution in [2.75, 3.05) is 27.2 Å². The third kappa shape index (κ3) is 4.38. The van der Waals surface area contributed by atoms with Gasteiger partial charge >= 0.3 is 6.03 Å². The lowest BCUT2D eigenvalue weighted by molar-refractivity contribution is 0.0953. The molecule has 104 valence electrons. The summed E-state index contributed by atoms with van der Waals surface area (Å²) in [6.45, 7) is 0.562. The van der Waals surface area contributed by atoms with Gasteiger partial charge in [0.1, 0.15) is 0 Å². The maximum Gasteiger partial charge on any atom is 0.316 e. The number of nitrogens with zero attached hydrogens (tertiary/aromatic N) is 1. The molecule has 7 nitrogen and oxygen atoms in total. The third-order valence-corrected chi connectivity index (χ3v) is 2.33. The summed E-state index contributed by atoms with van der Waals surface area (Å²) in [5.41, 5.74) is 0.231. The largest absolute Gasteiger partial charge is 0.504 e. The number of hydrogen-bond acceptors (Lipinski definition) is 4. The number of phenols is 2. The first kappa shape index (κ1) is 14.6. The van der Waals surface area contributed by atoms with E-state index in [1.54, 1.807) is 14.1 Å². The molecule has 0 radical (unpaired) electrons. The van der Waals surface area contributed by atoms with Crippen molar-refractivity contribution in [3.05, 3.63) is 23.8 Å². The van der Waals surface area contributed by atoms with Gasteiger partial charge in [-0.3, -0.25) is 4.79 Å². The van der Waals surface area contributed by atoms with Crippen LogP contribution in [-0.4, -0.2) is 54.2 Å². The van der Waals surface area contributed by atoms with Crippen molar-refractivity contribution >= 4 is 11.9 Å². The Labute approximate surface area is 110 Å². The Bertz CT molecular complexity index is 474. The van der Waals surface area contributed by atoms with Crippen LogP contribution in [0.15, 0.2) is 18.2 Å². The van der Waals surface area contributed by atoms with Gasteiger partial charge in [-0.2, -0.15) is 0 Å². The number of phenolic OH excluding ortho intramolecular Hbond substituents is 2. The molecule has 0 fully saturated rings. The number of nitrogens with one attached hydrogen (secondary N) is 2. The number of rotatable bonds is 4. The summed E-state index contributed by atoms with van der Waals surface area (Å²) in [7, 11) is 3.24. The zero-order valence-electron chi connectivity index (χ0n) is 10.8. The summed E-state index contributed by atoms with van der Waals surface area (Å²) < 4.78 is 0. The maximum absolute atomic E-state index is 11.7. The summed E-state index contributed by atoms with van der Waals surface area (Å²) in [5, 5.41) is 23.5. The van der Waals surface area contributed by atoms with Crippen LogP contribution in [0, 0.1) is 0 Å². The molecule has 0 bridgehead atoms. The van der Waals surface area contributed by atoms with Crippen LogP contribution in [0.2, 0.25) is 0 Å². The average Bonchev–Trinajstić information content (AvgIpc) is 2.37. The van der Waals surface area contributed by atoms with Crippen molar-refractivity contribution in [2.45, 2.75) is 0 Å². The number of amides is 3. The van der Waals surface area contributed by atoms with Crippen molar-refractivity contribution < 1.29 is 19.8 Å². The van der Waals surface area contributed by atoms with Gasteiger partial charge in [0.2, 0.25) is 0 Å². The Morgan fingerprint density at radius 3 is 2.32 bits per heavy atom. The second kappa shape index (κ2) is 6.48. The van der Waals surface area contributed by atoms with Crippen LogP contribution < -0.4 is 10.6 Å². The molecule has 0 aliphatic heterocycles. The summed E-state index contributed by atoms with van der Waals surface area (Å²) >= 11 is 0. The van der Waals surface area contributed by atoms with Gasteiger partial charge in [-0.05, 0) is 18.2 Å². The number of hydrogen-bond donors (Lipinski definition) is 4. The molecule has 1 aromatic carbocycles. The number of carbonyl (C=O) groups is 2. The standard InChI is InChI=1S/C12H17N3O4/c1-15(2)12(19)14-6-5-13-11(18)8-3-4-9(16)10(17)7-8/h3-4,7,16-17H,5-6H2,1-2H3,(H,13,18)(H,14,19). The highest BCUT2D eigenvalue weighted by molar-refractivity contribution is 5.94. The molecule has 0 aliphatic carbocycles. The normalized spacial score (nSPS) is 9.79. The Morgan fingerprint density at radius 2 is 1.74 bits per heavy atom. The van der Waals surface area contributed by atoms with E-state index in [4.69, 9.17) is 5.11 Å². The van der Waals surface area contributed by atoms with E-state index in [-0.39, 0.29) is 29.6 Å². The highest BCUT2D eigenvalue weighted by Gasteiger charge is 2.08. The molecule has 1 rings (SSSR count). The maximum atomic E-state index is 11.7. The minimum atomic E-state index is -0.394. The first-order valence-electron chi connectivity index (χ1n) is 5.67. The summed E-state index contributed by atoms with van der Waals surface area (Å²) in [6, 6.07) is 3.56. The van der Waals surface area contributed by atoms with Gasteiger partial charge in [-0.25, -0.2) is 4.79 Å². The van der Waals surface area contributed by atoms with Gasteiger partial charge in [0.05, 0.1) is 0 Å². The van der Waals surface area contributed by atoms with Gasteiger partial charge in [-0.15, -0.1) is 0 Å². The van der Waals surface area contributed by atoms with Crippen LogP contribution in [0.4, 0.5) is 4.79 Å². The molecule has 7 heteroatoms. The predicted molar refractivity (Wildman–Crippen MR) is 69.2 cm³/mol. The molecular formula is C12H17N3O4. The van der Waals surface area contributed by atoms with Crippen molar-refractivity contribution in [3.8, 4) is 11.5 Å². The fourth-order valence-electron chi connectivity index (χ4n) is 1.27. The molecule has 0 aromatic heterocycles. The number of benzene rings is 1. The molecule has 0 spiro atoms. The van der Waals surface area contributed by atoms with Crippen LogP contribution in [0.5, 0.6) is 11.5 Å². The molecule has 19 heavy (non-hydrogen) atoms. The van der Waals surface area contributed by atoms with Crippen LogP contribution in [-0.2, 0) is 0 Å². The van der Waals surface area contributed by atoms with E-state index in [2.05, 4.69) is 10.6 Å². The summed E-state index contributed by atoms with van der Waals surface area (Å²) in [6.07, 6.45) is 0. The topological polar surface area (TPSA) is 102 Å². The first-order valence-corrected chi connectivity index (χ1v) is 5.67. The van der Waals surface area contributed by atoms with Crippen molar-refractivity contribution in [3.63, 3.8) is 0 Å². The van der Waals surface area contributed by atoms with Crippen LogP contribution >= 0.6 is 0 Å². The molecule has 3 amide bonds. The fourth-order valence-corrected chi connectivity index (χ4v) is 1.27. The molecular weight excluding hydrogens is 250 g/mol. The Kier molecular flexibility index (Phi) is 4.99. The second-order valence-corrected chi connectivity index (χ2v) is 4.09. The van der Waals surface area contributed by atoms with Crippen molar-refractivity contribution in [2.24, 2.45) is 0 Å². The Hall–Kier alpha value is -2.44. The van der Waals surface area contributed by atoms with Crippen molar-refractivity contribution in [1.29, 1.82) is 0 Å². The summed E-state index contributed by atoms with van der Waals surface area (Å²) in [4.78, 5) is 24.2. The second-order valence-electron chi connectivity index (χ2n) is 4.09. The van der Waals surface area contributed by atoms with E-state index in [0.29, 0.717) is 6.54 Å². The van der Waals surface area contributed by atoms with E-state index in [9.17, 15) is 14.7 Å². The SMILES string of the molecule is CN(C)C(=O)NCCNC(=O)c1ccc(O)c(O)c1. The van der Waals surface area contributed by atoms with Gasteiger partial charge in [-0.1, -0.05) is 0 Å². The monoisotopic (exact) mass is 267 g/mol. The lowest BCUT2D eigenvalue weighted by Crippen LogP contribution is -2.39. The van der Waals surface area contributed by atoms with E-state index >= 15 is 0 Å². The summed E-state index contributed by atoms with van der Waals surface area (Å²) in [5.74, 6) is -1.03. The minimum absolute atomic E-state index is 0.231. The van der Waals surface area contributed by atoms with E-state index < -0.39 is 5.91 Å². The quantitative estimate of drug-likeness (QED) is 0.459. The zero-order chi connectivity index (χ0) is 14.4. The molecule has 0 unspecified atom stereocenters. The average molecular weight is 267 g/mol. The number of carbonyl (C=O) groups excluding carboxylic acids is 2. The molecule has 0 heterocycles. The van der Waals surface area contributed by atoms with Crippen LogP contribution in [0.1, 0.15) is 10.4 Å². The lowest BCUT2D eigenvalue weighted by Gasteiger charge is -2.12. The van der Waals surface area contributed by atoms with E-state index in [1.165, 1.54) is 23.1 Å². The van der Waals surface area contributed by atoms with Gasteiger partial charge in [0.25, 0.3) is 5.91 Å². The van der Waals surface area contributed by atoms with E-state index in [1.807, 2.05) is 0 Å². The zero-order valence-corrected chi connectivity index (χ0v) is 10.8. The van der Waals surface area contributed by atoms with Crippen LogP contribution in [0.3, 0.4) is 0 Å². The minimum Gasteiger partial charge on any atom is -0.504 e. The van der Waals surface area contributed by atoms with Crippen LogP contribution in [0.25, 0.3) is 0 Å². The molecule has 0 saturated carbocycles. The number of aromatic hydroxyl groups is 2. The molecule has 0 aliphatic rings. The third-order valence-electron chi connectivity index (χ3n) is 2.33. The highest BCUT2D eigenvalue weighted by Crippen LogP contribution is 2.24. The molecule has 4 N–H and O–H groups in total. The smallest absolute Gasteiger partial charge is 0.316 e. The fraction of sp³-hybridized carbons (Fsp3) is 0.333. The molecule has 0 atom stereocenters. The number of urea groups is 1. The molecule has 1 aromatic rings. The van der Waals surface area contributed by atoms with E-state index in [0.717, 1.165) is 0 Å². The van der Waals surface area contributed by atoms with Gasteiger partial charge in [0.15, 0.2) is 11.5 Å². The van der Waals surface area contributed by atoms with Crippen molar-refractivity contribution in [1.82, 2.24) is 15.5 Å². The predicted octanol–water partition coefficient (Wildman–Crippen LogP) is 0.0988. The Balaban J connectivity index is 2.39.